The van der Waals surface area contributed by atoms with Crippen molar-refractivity contribution in [2.45, 2.75) is 72.1 Å². The molecule has 0 spiro atoms. The lowest BCUT2D eigenvalue weighted by Crippen LogP contribution is -2.58. The van der Waals surface area contributed by atoms with E-state index in [1.165, 1.54) is 19.3 Å². The third-order valence-corrected chi connectivity index (χ3v) is 5.79. The third-order valence-electron chi connectivity index (χ3n) is 5.79. The quantitative estimate of drug-likeness (QED) is 0.558. The Kier molecular flexibility index (Phi) is 3.00. The monoisotopic (exact) mass is 264 g/mol. The first-order valence-corrected chi connectivity index (χ1v) is 8.06. The van der Waals surface area contributed by atoms with Crippen LogP contribution in [-0.2, 0) is 9.53 Å². The first kappa shape index (κ1) is 13.5. The predicted molar refractivity (Wildman–Crippen MR) is 75.7 cm³/mol. The molecule has 108 valence electrons. The van der Waals surface area contributed by atoms with E-state index in [1.54, 1.807) is 0 Å². The minimum Gasteiger partial charge on any atom is -0.465 e. The lowest BCUT2D eigenvalue weighted by molar-refractivity contribution is -0.191. The van der Waals surface area contributed by atoms with Crippen LogP contribution >= 0.6 is 0 Å². The number of hydrogen-bond donors (Lipinski definition) is 0. The smallest absolute Gasteiger partial charge is 0.312 e. The van der Waals surface area contributed by atoms with Gasteiger partial charge in [-0.2, -0.15) is 0 Å². The molecular weight excluding hydrogens is 236 g/mol. The second kappa shape index (κ2) is 4.23. The van der Waals surface area contributed by atoms with Gasteiger partial charge >= 0.3 is 5.97 Å². The Labute approximate surface area is 117 Å². The molecule has 4 rings (SSSR count). The molecule has 2 heteroatoms. The van der Waals surface area contributed by atoms with Crippen molar-refractivity contribution in [3.8, 4) is 0 Å². The first-order valence-electron chi connectivity index (χ1n) is 8.06. The van der Waals surface area contributed by atoms with E-state index in [0.717, 1.165) is 38.0 Å². The van der Waals surface area contributed by atoms with E-state index >= 15 is 0 Å². The van der Waals surface area contributed by atoms with E-state index in [4.69, 9.17) is 4.74 Å². The number of unbranched alkanes of at least 4 members (excludes halogenated alkanes) is 1. The molecule has 2 unspecified atom stereocenters. The molecule has 0 saturated heterocycles. The fourth-order valence-corrected chi connectivity index (χ4v) is 6.14. The fraction of sp³-hybridized carbons (Fsp3) is 0.941. The van der Waals surface area contributed by atoms with Gasteiger partial charge in [0.25, 0.3) is 0 Å². The number of carbonyl (C=O) groups is 1. The molecule has 2 atom stereocenters. The van der Waals surface area contributed by atoms with Crippen molar-refractivity contribution >= 4 is 5.97 Å². The van der Waals surface area contributed by atoms with Crippen molar-refractivity contribution in [3.63, 3.8) is 0 Å². The number of carbonyl (C=O) groups excluding carboxylic acids is 1. The number of ether oxygens (including phenoxy) is 1. The van der Waals surface area contributed by atoms with E-state index < -0.39 is 0 Å². The zero-order valence-corrected chi connectivity index (χ0v) is 12.8. The highest BCUT2D eigenvalue weighted by molar-refractivity contribution is 5.77. The maximum Gasteiger partial charge on any atom is 0.312 e. The molecule has 4 aliphatic rings. The van der Waals surface area contributed by atoms with Gasteiger partial charge in [0.05, 0.1) is 12.0 Å². The van der Waals surface area contributed by atoms with Gasteiger partial charge < -0.3 is 4.74 Å². The van der Waals surface area contributed by atoms with E-state index in [2.05, 4.69) is 20.8 Å². The Bertz CT molecular complexity index is 369. The van der Waals surface area contributed by atoms with Gasteiger partial charge in [-0.1, -0.05) is 27.2 Å². The molecule has 4 bridgehead atoms. The van der Waals surface area contributed by atoms with Crippen LogP contribution in [0.3, 0.4) is 0 Å². The minimum atomic E-state index is -0.128. The van der Waals surface area contributed by atoms with Crippen LogP contribution in [0.2, 0.25) is 0 Å². The molecular formula is C17H28O2. The van der Waals surface area contributed by atoms with Crippen LogP contribution in [0.5, 0.6) is 0 Å². The Morgan fingerprint density at radius 1 is 1.11 bits per heavy atom. The molecule has 4 fully saturated rings. The summed E-state index contributed by atoms with van der Waals surface area (Å²) >= 11 is 0. The molecule has 0 heterocycles. The van der Waals surface area contributed by atoms with E-state index in [-0.39, 0.29) is 11.4 Å². The Morgan fingerprint density at radius 2 is 1.74 bits per heavy atom. The first-order chi connectivity index (χ1) is 8.89. The highest BCUT2D eigenvalue weighted by Gasteiger charge is 2.63. The summed E-state index contributed by atoms with van der Waals surface area (Å²) in [5.74, 6) is 0.896. The molecule has 19 heavy (non-hydrogen) atoms. The van der Waals surface area contributed by atoms with E-state index in [1.807, 2.05) is 0 Å². The van der Waals surface area contributed by atoms with Gasteiger partial charge in [-0.05, 0) is 61.7 Å². The van der Waals surface area contributed by atoms with Crippen molar-refractivity contribution in [2.24, 2.45) is 22.2 Å². The van der Waals surface area contributed by atoms with E-state index in [9.17, 15) is 4.79 Å². The van der Waals surface area contributed by atoms with Gasteiger partial charge in [0, 0.05) is 0 Å². The topological polar surface area (TPSA) is 26.3 Å². The summed E-state index contributed by atoms with van der Waals surface area (Å²) in [5.41, 5.74) is 0.673. The number of hydrogen-bond acceptors (Lipinski definition) is 2. The summed E-state index contributed by atoms with van der Waals surface area (Å²) in [5, 5.41) is 0. The molecule has 0 aliphatic heterocycles. The second-order valence-electron chi connectivity index (χ2n) is 8.40. The van der Waals surface area contributed by atoms with Crippen LogP contribution < -0.4 is 0 Å². The SMILES string of the molecule is CCCCOC(=O)C12CC3CC(C)(CC(C)(C3)C1)C2. The molecule has 4 saturated carbocycles. The molecule has 0 aromatic carbocycles. The zero-order valence-electron chi connectivity index (χ0n) is 12.8. The molecule has 4 aliphatic carbocycles. The normalized spacial score (nSPS) is 47.4. The highest BCUT2D eigenvalue weighted by atomic mass is 16.5. The summed E-state index contributed by atoms with van der Waals surface area (Å²) in [6, 6.07) is 0. The molecule has 0 aromatic rings. The van der Waals surface area contributed by atoms with Gasteiger partial charge in [-0.15, -0.1) is 0 Å². The molecule has 2 nitrogen and oxygen atoms in total. The Balaban J connectivity index is 1.78. The van der Waals surface area contributed by atoms with Gasteiger partial charge in [-0.25, -0.2) is 0 Å². The van der Waals surface area contributed by atoms with Crippen molar-refractivity contribution in [1.29, 1.82) is 0 Å². The van der Waals surface area contributed by atoms with Crippen molar-refractivity contribution in [1.82, 2.24) is 0 Å². The number of esters is 1. The lowest BCUT2D eigenvalue weighted by atomic mass is 9.40. The predicted octanol–water partition coefficient (Wildman–Crippen LogP) is 4.33. The van der Waals surface area contributed by atoms with Crippen LogP contribution in [-0.4, -0.2) is 12.6 Å². The summed E-state index contributed by atoms with van der Waals surface area (Å²) in [6.07, 6.45) is 9.36. The van der Waals surface area contributed by atoms with Gasteiger partial charge in [0.1, 0.15) is 0 Å². The van der Waals surface area contributed by atoms with Crippen LogP contribution in [0.4, 0.5) is 0 Å². The van der Waals surface area contributed by atoms with Crippen LogP contribution in [0.25, 0.3) is 0 Å². The Morgan fingerprint density at radius 3 is 2.26 bits per heavy atom. The fourth-order valence-electron chi connectivity index (χ4n) is 6.14. The maximum atomic E-state index is 12.6. The molecule has 0 aromatic heterocycles. The standard InChI is InChI=1S/C17H28O2/c1-4-5-6-19-14(18)17-9-13-7-15(2,11-17)10-16(3,8-13)12-17/h13H,4-12H2,1-3H3. The van der Waals surface area contributed by atoms with Crippen LogP contribution in [0.1, 0.15) is 72.1 Å². The minimum absolute atomic E-state index is 0.127. The Hall–Kier alpha value is -0.530. The number of rotatable bonds is 4. The second-order valence-corrected chi connectivity index (χ2v) is 8.40. The summed E-state index contributed by atoms with van der Waals surface area (Å²) in [4.78, 5) is 12.6. The molecule has 0 radical (unpaired) electrons. The van der Waals surface area contributed by atoms with Crippen LogP contribution in [0, 0.1) is 22.2 Å². The maximum absolute atomic E-state index is 12.6. The molecule has 0 amide bonds. The van der Waals surface area contributed by atoms with Gasteiger partial charge in [0.2, 0.25) is 0 Å². The summed E-state index contributed by atoms with van der Waals surface area (Å²) < 4.78 is 5.62. The van der Waals surface area contributed by atoms with Crippen molar-refractivity contribution < 1.29 is 9.53 Å². The average molecular weight is 264 g/mol. The zero-order chi connectivity index (χ0) is 13.7. The van der Waals surface area contributed by atoms with Crippen molar-refractivity contribution in [3.05, 3.63) is 0 Å². The summed E-state index contributed by atoms with van der Waals surface area (Å²) in [6.45, 7) is 7.57. The average Bonchev–Trinajstić information content (AvgIpc) is 2.24. The van der Waals surface area contributed by atoms with Gasteiger partial charge in [0.15, 0.2) is 0 Å². The van der Waals surface area contributed by atoms with E-state index in [0.29, 0.717) is 17.4 Å². The van der Waals surface area contributed by atoms with Gasteiger partial charge in [-0.3, -0.25) is 4.79 Å². The van der Waals surface area contributed by atoms with Crippen molar-refractivity contribution in [2.75, 3.05) is 6.61 Å². The largest absolute Gasteiger partial charge is 0.465 e. The van der Waals surface area contributed by atoms with Crippen LogP contribution in [0.15, 0.2) is 0 Å². The third kappa shape index (κ3) is 2.21. The molecule has 0 N–H and O–H groups in total. The summed E-state index contributed by atoms with van der Waals surface area (Å²) in [7, 11) is 0. The lowest BCUT2D eigenvalue weighted by Gasteiger charge is -2.64. The highest BCUT2D eigenvalue weighted by Crippen LogP contribution is 2.69.